The van der Waals surface area contributed by atoms with Crippen LogP contribution in [-0.2, 0) is 16.0 Å². The zero-order valence-electron chi connectivity index (χ0n) is 6.83. The molecule has 0 aliphatic rings. The van der Waals surface area contributed by atoms with E-state index in [2.05, 4.69) is 0 Å². The average Bonchev–Trinajstić information content (AvgIpc) is 2.45. The monoisotopic (exact) mass is 220 g/mol. The SMILES string of the molecule is O=C(O)COCCc1sccc1Cl. The molecule has 0 spiro atoms. The third-order valence-corrected chi connectivity index (χ3v) is 2.84. The van der Waals surface area contributed by atoms with Gasteiger partial charge >= 0.3 is 5.97 Å². The van der Waals surface area contributed by atoms with E-state index in [4.69, 9.17) is 21.4 Å². The standard InChI is InChI=1S/C8H9ClO3S/c9-6-2-4-13-7(6)1-3-12-5-8(10)11/h2,4H,1,3,5H2,(H,10,11). The molecule has 0 aromatic carbocycles. The molecule has 0 radical (unpaired) electrons. The topological polar surface area (TPSA) is 46.5 Å². The average molecular weight is 221 g/mol. The van der Waals surface area contributed by atoms with Gasteiger partial charge in [0.1, 0.15) is 6.61 Å². The summed E-state index contributed by atoms with van der Waals surface area (Å²) in [7, 11) is 0. The summed E-state index contributed by atoms with van der Waals surface area (Å²) in [4.78, 5) is 11.1. The zero-order valence-corrected chi connectivity index (χ0v) is 8.40. The molecular weight excluding hydrogens is 212 g/mol. The maximum atomic E-state index is 10.1. The number of ether oxygens (including phenoxy) is 1. The van der Waals surface area contributed by atoms with Crippen LogP contribution < -0.4 is 0 Å². The van der Waals surface area contributed by atoms with Crippen molar-refractivity contribution in [1.82, 2.24) is 0 Å². The Morgan fingerprint density at radius 3 is 3.00 bits per heavy atom. The number of halogens is 1. The van der Waals surface area contributed by atoms with Crippen LogP contribution in [0.4, 0.5) is 0 Å². The summed E-state index contributed by atoms with van der Waals surface area (Å²) >= 11 is 7.37. The first-order valence-corrected chi connectivity index (χ1v) is 4.97. The second-order valence-electron chi connectivity index (χ2n) is 2.39. The zero-order chi connectivity index (χ0) is 9.68. The summed E-state index contributed by atoms with van der Waals surface area (Å²) < 4.78 is 4.87. The van der Waals surface area contributed by atoms with Gasteiger partial charge in [0.05, 0.1) is 11.6 Å². The summed E-state index contributed by atoms with van der Waals surface area (Å²) in [5.74, 6) is -0.947. The van der Waals surface area contributed by atoms with Crippen molar-refractivity contribution in [3.63, 3.8) is 0 Å². The molecule has 5 heteroatoms. The quantitative estimate of drug-likeness (QED) is 0.773. The van der Waals surface area contributed by atoms with Crippen molar-refractivity contribution in [1.29, 1.82) is 0 Å². The van der Waals surface area contributed by atoms with E-state index in [1.807, 2.05) is 11.4 Å². The lowest BCUT2D eigenvalue weighted by Crippen LogP contribution is -2.08. The van der Waals surface area contributed by atoms with Gasteiger partial charge in [0.25, 0.3) is 0 Å². The number of thiophene rings is 1. The van der Waals surface area contributed by atoms with Gasteiger partial charge < -0.3 is 9.84 Å². The highest BCUT2D eigenvalue weighted by Crippen LogP contribution is 2.22. The number of rotatable bonds is 5. The van der Waals surface area contributed by atoms with Crippen molar-refractivity contribution >= 4 is 28.9 Å². The molecule has 1 rings (SSSR count). The molecule has 1 heterocycles. The Labute approximate surface area is 84.9 Å². The van der Waals surface area contributed by atoms with Crippen LogP contribution in [0, 0.1) is 0 Å². The van der Waals surface area contributed by atoms with Gasteiger partial charge in [0.2, 0.25) is 0 Å². The van der Waals surface area contributed by atoms with E-state index in [0.29, 0.717) is 13.0 Å². The lowest BCUT2D eigenvalue weighted by molar-refractivity contribution is -0.142. The Hall–Kier alpha value is -0.580. The summed E-state index contributed by atoms with van der Waals surface area (Å²) in [6, 6.07) is 1.82. The number of aliphatic carboxylic acids is 1. The molecule has 0 aliphatic heterocycles. The van der Waals surface area contributed by atoms with Crippen LogP contribution in [0.5, 0.6) is 0 Å². The van der Waals surface area contributed by atoms with E-state index in [0.717, 1.165) is 9.90 Å². The van der Waals surface area contributed by atoms with Crippen LogP contribution in [0.15, 0.2) is 11.4 Å². The van der Waals surface area contributed by atoms with E-state index >= 15 is 0 Å². The summed E-state index contributed by atoms with van der Waals surface area (Å²) in [5.41, 5.74) is 0. The lowest BCUT2D eigenvalue weighted by Gasteiger charge is -1.99. The minimum absolute atomic E-state index is 0.247. The van der Waals surface area contributed by atoms with Crippen molar-refractivity contribution in [3.8, 4) is 0 Å². The molecule has 1 aromatic heterocycles. The highest BCUT2D eigenvalue weighted by atomic mass is 35.5. The molecule has 0 saturated carbocycles. The largest absolute Gasteiger partial charge is 0.480 e. The molecule has 0 aliphatic carbocycles. The first kappa shape index (κ1) is 10.5. The molecule has 1 aromatic rings. The number of hydrogen-bond donors (Lipinski definition) is 1. The van der Waals surface area contributed by atoms with Crippen molar-refractivity contribution in [2.45, 2.75) is 6.42 Å². The Morgan fingerprint density at radius 2 is 2.46 bits per heavy atom. The van der Waals surface area contributed by atoms with Gasteiger partial charge in [-0.1, -0.05) is 11.6 Å². The third-order valence-electron chi connectivity index (χ3n) is 1.39. The number of hydrogen-bond acceptors (Lipinski definition) is 3. The van der Waals surface area contributed by atoms with Crippen molar-refractivity contribution < 1.29 is 14.6 Å². The first-order chi connectivity index (χ1) is 6.20. The van der Waals surface area contributed by atoms with Crippen LogP contribution in [0.3, 0.4) is 0 Å². The van der Waals surface area contributed by atoms with Crippen molar-refractivity contribution in [3.05, 3.63) is 21.3 Å². The van der Waals surface area contributed by atoms with E-state index in [-0.39, 0.29) is 6.61 Å². The van der Waals surface area contributed by atoms with Gasteiger partial charge in [0.15, 0.2) is 0 Å². The fraction of sp³-hybridized carbons (Fsp3) is 0.375. The summed E-state index contributed by atoms with van der Waals surface area (Å²) in [6.07, 6.45) is 0.670. The first-order valence-electron chi connectivity index (χ1n) is 3.71. The fourth-order valence-corrected chi connectivity index (χ4v) is 1.94. The second kappa shape index (κ2) is 5.21. The Morgan fingerprint density at radius 1 is 1.69 bits per heavy atom. The number of carbonyl (C=O) groups is 1. The molecule has 0 unspecified atom stereocenters. The van der Waals surface area contributed by atoms with Crippen LogP contribution in [0.25, 0.3) is 0 Å². The molecule has 0 atom stereocenters. The van der Waals surface area contributed by atoms with E-state index in [1.165, 1.54) is 0 Å². The molecule has 0 fully saturated rings. The van der Waals surface area contributed by atoms with E-state index < -0.39 is 5.97 Å². The van der Waals surface area contributed by atoms with Crippen molar-refractivity contribution in [2.24, 2.45) is 0 Å². The van der Waals surface area contributed by atoms with Gasteiger partial charge in [0, 0.05) is 11.3 Å². The molecule has 0 saturated heterocycles. The fourth-order valence-electron chi connectivity index (χ4n) is 0.828. The van der Waals surface area contributed by atoms with Crippen molar-refractivity contribution in [2.75, 3.05) is 13.2 Å². The predicted molar refractivity (Wildman–Crippen MR) is 51.5 cm³/mol. The minimum atomic E-state index is -0.947. The highest BCUT2D eigenvalue weighted by molar-refractivity contribution is 7.10. The minimum Gasteiger partial charge on any atom is -0.480 e. The molecule has 0 amide bonds. The summed E-state index contributed by atoms with van der Waals surface area (Å²) in [5, 5.41) is 10.9. The number of carboxylic acids is 1. The maximum absolute atomic E-state index is 10.1. The lowest BCUT2D eigenvalue weighted by atomic mass is 10.4. The van der Waals surface area contributed by atoms with Crippen LogP contribution >= 0.6 is 22.9 Å². The van der Waals surface area contributed by atoms with E-state index in [1.54, 1.807) is 11.3 Å². The normalized spacial score (nSPS) is 10.2. The van der Waals surface area contributed by atoms with Crippen LogP contribution in [-0.4, -0.2) is 24.3 Å². The number of carboxylic acid groups (broad SMARTS) is 1. The molecule has 3 nitrogen and oxygen atoms in total. The third kappa shape index (κ3) is 3.76. The molecule has 0 bridgehead atoms. The predicted octanol–water partition coefficient (Wildman–Crippen LogP) is 2.05. The van der Waals surface area contributed by atoms with E-state index in [9.17, 15) is 4.79 Å². The molecule has 1 N–H and O–H groups in total. The van der Waals surface area contributed by atoms with Gasteiger partial charge in [-0.15, -0.1) is 11.3 Å². The maximum Gasteiger partial charge on any atom is 0.329 e. The Kier molecular flexibility index (Phi) is 4.21. The molecule has 72 valence electrons. The Balaban J connectivity index is 2.20. The highest BCUT2D eigenvalue weighted by Gasteiger charge is 2.02. The van der Waals surface area contributed by atoms with Gasteiger partial charge in [-0.25, -0.2) is 4.79 Å². The smallest absolute Gasteiger partial charge is 0.329 e. The van der Waals surface area contributed by atoms with Gasteiger partial charge in [-0.2, -0.15) is 0 Å². The Bertz CT molecular complexity index is 285. The molecule has 13 heavy (non-hydrogen) atoms. The second-order valence-corrected chi connectivity index (χ2v) is 3.80. The van der Waals surface area contributed by atoms with Gasteiger partial charge in [-0.05, 0) is 11.4 Å². The summed E-state index contributed by atoms with van der Waals surface area (Å²) in [6.45, 7) is 0.148. The van der Waals surface area contributed by atoms with Gasteiger partial charge in [-0.3, -0.25) is 0 Å². The molecular formula is C8H9ClO3S. The van der Waals surface area contributed by atoms with Crippen LogP contribution in [0.2, 0.25) is 5.02 Å². The van der Waals surface area contributed by atoms with Crippen LogP contribution in [0.1, 0.15) is 4.88 Å².